The zero-order chi connectivity index (χ0) is 16.1. The number of thioether (sulfide) groups is 1. The third kappa shape index (κ3) is 4.10. The molecule has 0 aromatic heterocycles. The van der Waals surface area contributed by atoms with Crippen molar-refractivity contribution >= 4 is 16.9 Å². The van der Waals surface area contributed by atoms with E-state index in [2.05, 4.69) is 13.0 Å². The number of aryl methyl sites for hydroxylation is 2. The molecular formula is C18H19FO2S. The molecular weight excluding hydrogens is 299 g/mol. The lowest BCUT2D eigenvalue weighted by atomic mass is 10.1. The number of halogens is 1. The van der Waals surface area contributed by atoms with E-state index in [0.29, 0.717) is 10.5 Å². The molecule has 0 aliphatic rings. The number of ether oxygens (including phenoxy) is 1. The van der Waals surface area contributed by atoms with Gasteiger partial charge in [-0.3, -0.25) is 4.79 Å². The quantitative estimate of drug-likeness (QED) is 0.732. The van der Waals surface area contributed by atoms with Crippen molar-refractivity contribution < 1.29 is 13.9 Å². The maximum atomic E-state index is 14.0. The van der Waals surface area contributed by atoms with E-state index in [-0.39, 0.29) is 17.5 Å². The molecule has 2 rings (SSSR count). The molecule has 0 radical (unpaired) electrons. The molecule has 0 saturated carbocycles. The molecule has 0 aliphatic carbocycles. The van der Waals surface area contributed by atoms with Crippen LogP contribution in [0.1, 0.15) is 30.5 Å². The lowest BCUT2D eigenvalue weighted by Crippen LogP contribution is -2.02. The van der Waals surface area contributed by atoms with Gasteiger partial charge in [0.2, 0.25) is 0 Å². The summed E-state index contributed by atoms with van der Waals surface area (Å²) >= 11 is 1.03. The maximum absolute atomic E-state index is 14.0. The van der Waals surface area contributed by atoms with Crippen LogP contribution in [0.3, 0.4) is 0 Å². The molecule has 0 spiro atoms. The second kappa shape index (κ2) is 7.45. The second-order valence-corrected chi connectivity index (χ2v) is 6.27. The van der Waals surface area contributed by atoms with Crippen LogP contribution in [0.15, 0.2) is 41.3 Å². The van der Waals surface area contributed by atoms with E-state index in [1.807, 2.05) is 19.1 Å². The van der Waals surface area contributed by atoms with Crippen LogP contribution in [0.5, 0.6) is 5.75 Å². The van der Waals surface area contributed by atoms with Crippen molar-refractivity contribution in [2.24, 2.45) is 0 Å². The predicted octanol–water partition coefficient (Wildman–Crippen LogP) is 4.91. The number of hydrogen-bond acceptors (Lipinski definition) is 3. The van der Waals surface area contributed by atoms with E-state index in [0.717, 1.165) is 29.5 Å². The summed E-state index contributed by atoms with van der Waals surface area (Å²) in [4.78, 5) is 11.9. The smallest absolute Gasteiger partial charge is 0.190 e. The summed E-state index contributed by atoms with van der Waals surface area (Å²) < 4.78 is 19.8. The minimum atomic E-state index is -0.353. The molecule has 0 amide bonds. The van der Waals surface area contributed by atoms with E-state index < -0.39 is 0 Å². The molecule has 0 fully saturated rings. The van der Waals surface area contributed by atoms with Crippen LogP contribution in [0.25, 0.3) is 0 Å². The average Bonchev–Trinajstić information content (AvgIpc) is 2.47. The highest BCUT2D eigenvalue weighted by atomic mass is 32.2. The van der Waals surface area contributed by atoms with Crippen LogP contribution in [-0.4, -0.2) is 5.12 Å². The van der Waals surface area contributed by atoms with Crippen molar-refractivity contribution in [2.45, 2.75) is 38.7 Å². The van der Waals surface area contributed by atoms with E-state index in [1.165, 1.54) is 18.6 Å². The minimum Gasteiger partial charge on any atom is -0.488 e. The third-order valence-corrected chi connectivity index (χ3v) is 4.24. The van der Waals surface area contributed by atoms with Gasteiger partial charge in [-0.05, 0) is 42.7 Å². The summed E-state index contributed by atoms with van der Waals surface area (Å²) in [6.07, 6.45) is 0.966. The maximum Gasteiger partial charge on any atom is 0.190 e. The molecule has 116 valence electrons. The monoisotopic (exact) mass is 318 g/mol. The summed E-state index contributed by atoms with van der Waals surface area (Å²) in [5, 5.41) is -0.0738. The topological polar surface area (TPSA) is 26.3 Å². The van der Waals surface area contributed by atoms with Gasteiger partial charge in [-0.1, -0.05) is 36.9 Å². The summed E-state index contributed by atoms with van der Waals surface area (Å²) in [6.45, 7) is 5.64. The highest BCUT2D eigenvalue weighted by Crippen LogP contribution is 2.28. The Morgan fingerprint density at radius 2 is 2.05 bits per heavy atom. The summed E-state index contributed by atoms with van der Waals surface area (Å²) in [5.74, 6) is 0.383. The zero-order valence-electron chi connectivity index (χ0n) is 13.0. The number of rotatable bonds is 5. The van der Waals surface area contributed by atoms with Crippen molar-refractivity contribution in [3.05, 3.63) is 58.9 Å². The van der Waals surface area contributed by atoms with Crippen molar-refractivity contribution in [3.8, 4) is 5.75 Å². The number of carbonyl (C=O) groups is 1. The zero-order valence-corrected chi connectivity index (χ0v) is 13.8. The van der Waals surface area contributed by atoms with Gasteiger partial charge in [0.1, 0.15) is 18.2 Å². The molecule has 0 bridgehead atoms. The Morgan fingerprint density at radius 1 is 1.27 bits per heavy atom. The standard InChI is InChI=1S/C18H19FO2S/c1-4-14-8-9-17(12(2)10-14)21-11-15-16(19)6-5-7-18(15)22-13(3)20/h5-10H,4,11H2,1-3H3. The first-order valence-electron chi connectivity index (χ1n) is 7.19. The van der Waals surface area contributed by atoms with E-state index in [9.17, 15) is 9.18 Å². The Kier molecular flexibility index (Phi) is 5.61. The molecule has 4 heteroatoms. The normalized spacial score (nSPS) is 10.5. The van der Waals surface area contributed by atoms with Gasteiger partial charge in [0.15, 0.2) is 5.12 Å². The van der Waals surface area contributed by atoms with Crippen LogP contribution >= 0.6 is 11.8 Å². The van der Waals surface area contributed by atoms with Gasteiger partial charge in [0.25, 0.3) is 0 Å². The van der Waals surface area contributed by atoms with Crippen LogP contribution in [0.4, 0.5) is 4.39 Å². The molecule has 0 N–H and O–H groups in total. The fourth-order valence-corrected chi connectivity index (χ4v) is 2.91. The van der Waals surface area contributed by atoms with Gasteiger partial charge in [-0.2, -0.15) is 0 Å². The lowest BCUT2D eigenvalue weighted by molar-refractivity contribution is -0.109. The summed E-state index contributed by atoms with van der Waals surface area (Å²) in [6, 6.07) is 10.7. The van der Waals surface area contributed by atoms with Crippen LogP contribution < -0.4 is 4.74 Å². The molecule has 0 atom stereocenters. The number of hydrogen-bond donors (Lipinski definition) is 0. The molecule has 2 aromatic carbocycles. The first kappa shape index (κ1) is 16.6. The number of benzene rings is 2. The minimum absolute atomic E-state index is 0.0738. The molecule has 2 aromatic rings. The van der Waals surface area contributed by atoms with Gasteiger partial charge in [-0.25, -0.2) is 4.39 Å². The molecule has 0 unspecified atom stereocenters. The molecule has 0 saturated heterocycles. The molecule has 0 heterocycles. The Hall–Kier alpha value is -1.81. The van der Waals surface area contributed by atoms with E-state index >= 15 is 0 Å². The van der Waals surface area contributed by atoms with Gasteiger partial charge < -0.3 is 4.74 Å². The van der Waals surface area contributed by atoms with Crippen molar-refractivity contribution in [3.63, 3.8) is 0 Å². The highest BCUT2D eigenvalue weighted by Gasteiger charge is 2.12. The van der Waals surface area contributed by atoms with Crippen molar-refractivity contribution in [1.82, 2.24) is 0 Å². The summed E-state index contributed by atoms with van der Waals surface area (Å²) in [7, 11) is 0. The fourth-order valence-electron chi connectivity index (χ4n) is 2.17. The second-order valence-electron chi connectivity index (χ2n) is 5.05. The summed E-state index contributed by atoms with van der Waals surface area (Å²) in [5.41, 5.74) is 2.68. The van der Waals surface area contributed by atoms with Gasteiger partial charge in [0, 0.05) is 17.4 Å². The highest BCUT2D eigenvalue weighted by molar-refractivity contribution is 8.13. The first-order valence-corrected chi connectivity index (χ1v) is 8.01. The Balaban J connectivity index is 2.19. The molecule has 2 nitrogen and oxygen atoms in total. The van der Waals surface area contributed by atoms with Crippen molar-refractivity contribution in [2.75, 3.05) is 0 Å². The molecule has 22 heavy (non-hydrogen) atoms. The van der Waals surface area contributed by atoms with Crippen molar-refractivity contribution in [1.29, 1.82) is 0 Å². The third-order valence-electron chi connectivity index (χ3n) is 3.35. The van der Waals surface area contributed by atoms with E-state index in [4.69, 9.17) is 4.74 Å². The van der Waals surface area contributed by atoms with Gasteiger partial charge in [-0.15, -0.1) is 0 Å². The SMILES string of the molecule is CCc1ccc(OCc2c(F)cccc2SC(C)=O)c(C)c1. The Bertz CT molecular complexity index is 683. The fraction of sp³-hybridized carbons (Fsp3) is 0.278. The Labute approximate surface area is 134 Å². The lowest BCUT2D eigenvalue weighted by Gasteiger charge is -2.13. The van der Waals surface area contributed by atoms with Crippen LogP contribution in [0, 0.1) is 12.7 Å². The van der Waals surface area contributed by atoms with Crippen LogP contribution in [0.2, 0.25) is 0 Å². The van der Waals surface area contributed by atoms with E-state index in [1.54, 1.807) is 12.1 Å². The van der Waals surface area contributed by atoms with Gasteiger partial charge in [0.05, 0.1) is 0 Å². The molecule has 0 aliphatic heterocycles. The largest absolute Gasteiger partial charge is 0.488 e. The predicted molar refractivity (Wildman–Crippen MR) is 87.8 cm³/mol. The average molecular weight is 318 g/mol. The van der Waals surface area contributed by atoms with Gasteiger partial charge >= 0.3 is 0 Å². The first-order chi connectivity index (χ1) is 10.5. The Morgan fingerprint density at radius 3 is 2.68 bits per heavy atom. The number of carbonyl (C=O) groups excluding carboxylic acids is 1. The van der Waals surface area contributed by atoms with Crippen LogP contribution in [-0.2, 0) is 17.8 Å².